The Kier molecular flexibility index (Phi) is 7.05. The molecular formula is C27H28FNO3. The molecule has 4 nitrogen and oxygen atoms in total. The molecule has 166 valence electrons. The standard InChI is InChI=1S/C27H28FNO3/c1-20-4-2-5-21(16-20)18-27(30)29-14-12-26(13-15-29)32-25-10-8-24(9-11-25)31-19-22-6-3-7-23(28)17-22/h2-11,16-17,26H,12-15,18-19H2,1H3. The van der Waals surface area contributed by atoms with E-state index in [0.717, 1.165) is 29.7 Å². The monoisotopic (exact) mass is 433 g/mol. The quantitative estimate of drug-likeness (QED) is 0.506. The summed E-state index contributed by atoms with van der Waals surface area (Å²) in [5.41, 5.74) is 3.02. The maximum atomic E-state index is 13.3. The van der Waals surface area contributed by atoms with Crippen LogP contribution in [0.25, 0.3) is 0 Å². The molecule has 5 heteroatoms. The Hall–Kier alpha value is -3.34. The van der Waals surface area contributed by atoms with Gasteiger partial charge in [0.1, 0.15) is 30.0 Å². The van der Waals surface area contributed by atoms with Gasteiger partial charge in [-0.05, 0) is 54.4 Å². The van der Waals surface area contributed by atoms with Crippen LogP contribution in [0.15, 0.2) is 72.8 Å². The maximum Gasteiger partial charge on any atom is 0.226 e. The lowest BCUT2D eigenvalue weighted by Crippen LogP contribution is -2.42. The Bertz CT molecular complexity index is 1040. The van der Waals surface area contributed by atoms with Crippen molar-refractivity contribution in [3.8, 4) is 11.5 Å². The topological polar surface area (TPSA) is 38.8 Å². The van der Waals surface area contributed by atoms with E-state index in [4.69, 9.17) is 9.47 Å². The van der Waals surface area contributed by atoms with E-state index < -0.39 is 0 Å². The molecule has 4 rings (SSSR count). The van der Waals surface area contributed by atoms with Crippen LogP contribution in [-0.2, 0) is 17.8 Å². The van der Waals surface area contributed by atoms with Crippen molar-refractivity contribution in [3.63, 3.8) is 0 Å². The van der Waals surface area contributed by atoms with Gasteiger partial charge in [-0.15, -0.1) is 0 Å². The van der Waals surface area contributed by atoms with Crippen molar-refractivity contribution in [3.05, 3.63) is 95.3 Å². The smallest absolute Gasteiger partial charge is 0.226 e. The van der Waals surface area contributed by atoms with Gasteiger partial charge in [0.25, 0.3) is 0 Å². The third-order valence-corrected chi connectivity index (χ3v) is 5.65. The van der Waals surface area contributed by atoms with Crippen LogP contribution in [0.5, 0.6) is 11.5 Å². The molecule has 1 fully saturated rings. The van der Waals surface area contributed by atoms with Gasteiger partial charge in [-0.1, -0.05) is 42.0 Å². The zero-order chi connectivity index (χ0) is 22.3. The Morgan fingerprint density at radius 3 is 2.34 bits per heavy atom. The minimum atomic E-state index is -0.266. The van der Waals surface area contributed by atoms with E-state index in [9.17, 15) is 9.18 Å². The van der Waals surface area contributed by atoms with Crippen LogP contribution in [0.2, 0.25) is 0 Å². The number of nitrogens with zero attached hydrogens (tertiary/aromatic N) is 1. The largest absolute Gasteiger partial charge is 0.490 e. The lowest BCUT2D eigenvalue weighted by molar-refractivity contribution is -0.132. The van der Waals surface area contributed by atoms with Crippen LogP contribution in [0, 0.1) is 12.7 Å². The lowest BCUT2D eigenvalue weighted by Gasteiger charge is -2.32. The number of carbonyl (C=O) groups excluding carboxylic acids is 1. The zero-order valence-electron chi connectivity index (χ0n) is 18.3. The maximum absolute atomic E-state index is 13.3. The van der Waals surface area contributed by atoms with Crippen LogP contribution >= 0.6 is 0 Å². The highest BCUT2D eigenvalue weighted by Crippen LogP contribution is 2.23. The van der Waals surface area contributed by atoms with Crippen LogP contribution in [-0.4, -0.2) is 30.0 Å². The predicted molar refractivity (Wildman–Crippen MR) is 122 cm³/mol. The van der Waals surface area contributed by atoms with E-state index in [2.05, 4.69) is 6.07 Å². The number of likely N-dealkylation sites (tertiary alicyclic amines) is 1. The molecule has 0 unspecified atom stereocenters. The average molecular weight is 434 g/mol. The first-order valence-electron chi connectivity index (χ1n) is 11.0. The summed E-state index contributed by atoms with van der Waals surface area (Å²) >= 11 is 0. The van der Waals surface area contributed by atoms with Crippen molar-refractivity contribution in [2.75, 3.05) is 13.1 Å². The second kappa shape index (κ2) is 10.3. The van der Waals surface area contributed by atoms with E-state index >= 15 is 0 Å². The molecule has 0 spiro atoms. The van der Waals surface area contributed by atoms with E-state index in [1.54, 1.807) is 6.07 Å². The van der Waals surface area contributed by atoms with Crippen molar-refractivity contribution in [1.82, 2.24) is 4.90 Å². The minimum absolute atomic E-state index is 0.0945. The molecule has 3 aromatic carbocycles. The van der Waals surface area contributed by atoms with Gasteiger partial charge in [-0.2, -0.15) is 0 Å². The molecule has 1 aliphatic rings. The van der Waals surface area contributed by atoms with E-state index in [-0.39, 0.29) is 17.8 Å². The highest BCUT2D eigenvalue weighted by molar-refractivity contribution is 5.78. The molecule has 3 aromatic rings. The number of hydrogen-bond donors (Lipinski definition) is 0. The Morgan fingerprint density at radius 1 is 0.938 bits per heavy atom. The molecule has 1 aliphatic heterocycles. The van der Waals surface area contributed by atoms with Gasteiger partial charge >= 0.3 is 0 Å². The van der Waals surface area contributed by atoms with Gasteiger partial charge < -0.3 is 14.4 Å². The van der Waals surface area contributed by atoms with E-state index in [1.165, 1.54) is 17.7 Å². The fraction of sp³-hybridized carbons (Fsp3) is 0.296. The SMILES string of the molecule is Cc1cccc(CC(=O)N2CCC(Oc3ccc(OCc4cccc(F)c4)cc3)CC2)c1. The number of ether oxygens (including phenoxy) is 2. The highest BCUT2D eigenvalue weighted by atomic mass is 19.1. The van der Waals surface area contributed by atoms with Gasteiger partial charge in [0.15, 0.2) is 0 Å². The zero-order valence-corrected chi connectivity index (χ0v) is 18.3. The molecule has 0 aliphatic carbocycles. The number of halogens is 1. The van der Waals surface area contributed by atoms with Crippen molar-refractivity contribution in [2.24, 2.45) is 0 Å². The fourth-order valence-electron chi connectivity index (χ4n) is 3.93. The molecule has 0 radical (unpaired) electrons. The summed E-state index contributed by atoms with van der Waals surface area (Å²) in [4.78, 5) is 14.6. The van der Waals surface area contributed by atoms with Crippen LogP contribution in [0.4, 0.5) is 4.39 Å². The van der Waals surface area contributed by atoms with E-state index in [1.807, 2.05) is 60.4 Å². The molecule has 0 aromatic heterocycles. The molecule has 0 saturated carbocycles. The van der Waals surface area contributed by atoms with Gasteiger partial charge in [-0.3, -0.25) is 4.79 Å². The Labute approximate surface area is 188 Å². The number of amides is 1. The van der Waals surface area contributed by atoms with Crippen molar-refractivity contribution in [1.29, 1.82) is 0 Å². The average Bonchev–Trinajstić information content (AvgIpc) is 2.79. The summed E-state index contributed by atoms with van der Waals surface area (Å²) in [6.07, 6.45) is 2.18. The number of hydrogen-bond acceptors (Lipinski definition) is 3. The fourth-order valence-corrected chi connectivity index (χ4v) is 3.93. The lowest BCUT2D eigenvalue weighted by atomic mass is 10.0. The minimum Gasteiger partial charge on any atom is -0.490 e. The first-order chi connectivity index (χ1) is 15.5. The van der Waals surface area contributed by atoms with E-state index in [0.29, 0.717) is 31.9 Å². The number of rotatable bonds is 7. The summed E-state index contributed by atoms with van der Waals surface area (Å²) < 4.78 is 25.1. The van der Waals surface area contributed by atoms with Gasteiger partial charge in [0.05, 0.1) is 6.42 Å². The van der Waals surface area contributed by atoms with Crippen LogP contribution in [0.3, 0.4) is 0 Å². The normalized spacial score (nSPS) is 14.2. The molecule has 1 heterocycles. The van der Waals surface area contributed by atoms with Crippen LogP contribution < -0.4 is 9.47 Å². The Morgan fingerprint density at radius 2 is 1.62 bits per heavy atom. The summed E-state index contributed by atoms with van der Waals surface area (Å²) in [6.45, 7) is 3.78. The molecule has 0 N–H and O–H groups in total. The summed E-state index contributed by atoms with van der Waals surface area (Å²) in [5, 5.41) is 0. The molecule has 32 heavy (non-hydrogen) atoms. The number of carbonyl (C=O) groups is 1. The molecule has 1 amide bonds. The second-order valence-electron chi connectivity index (χ2n) is 8.25. The van der Waals surface area contributed by atoms with Gasteiger partial charge in [0, 0.05) is 25.9 Å². The number of benzene rings is 3. The van der Waals surface area contributed by atoms with Crippen molar-refractivity contribution >= 4 is 5.91 Å². The Balaban J connectivity index is 1.22. The van der Waals surface area contributed by atoms with Crippen LogP contribution in [0.1, 0.15) is 29.5 Å². The third kappa shape index (κ3) is 6.10. The van der Waals surface area contributed by atoms with Crippen molar-refractivity contribution in [2.45, 2.75) is 38.9 Å². The van der Waals surface area contributed by atoms with Gasteiger partial charge in [-0.25, -0.2) is 4.39 Å². The predicted octanol–water partition coefficient (Wildman–Crippen LogP) is 5.33. The summed E-state index contributed by atoms with van der Waals surface area (Å²) in [6, 6.07) is 22.0. The first-order valence-corrected chi connectivity index (χ1v) is 11.0. The molecule has 0 atom stereocenters. The van der Waals surface area contributed by atoms with Gasteiger partial charge in [0.2, 0.25) is 5.91 Å². The summed E-state index contributed by atoms with van der Waals surface area (Å²) in [7, 11) is 0. The third-order valence-electron chi connectivity index (χ3n) is 5.65. The molecule has 0 bridgehead atoms. The number of aryl methyl sites for hydroxylation is 1. The molecule has 1 saturated heterocycles. The summed E-state index contributed by atoms with van der Waals surface area (Å²) in [5.74, 6) is 1.40. The molecular weight excluding hydrogens is 405 g/mol. The first kappa shape index (κ1) is 21.9. The van der Waals surface area contributed by atoms with Crippen molar-refractivity contribution < 1.29 is 18.7 Å². The second-order valence-corrected chi connectivity index (χ2v) is 8.25. The highest BCUT2D eigenvalue weighted by Gasteiger charge is 2.24. The number of piperidine rings is 1.